The van der Waals surface area contributed by atoms with Crippen LogP contribution in [-0.4, -0.2) is 67.0 Å². The Hall–Kier alpha value is -4.08. The van der Waals surface area contributed by atoms with Crippen LogP contribution in [0.25, 0.3) is 5.82 Å². The van der Waals surface area contributed by atoms with Crippen LogP contribution in [0.15, 0.2) is 30.3 Å². The van der Waals surface area contributed by atoms with Gasteiger partial charge in [0.05, 0.1) is 29.4 Å². The molecule has 3 aromatic rings. The minimum absolute atomic E-state index is 0.0620. The summed E-state index contributed by atoms with van der Waals surface area (Å²) in [6.45, 7) is 7.41. The predicted octanol–water partition coefficient (Wildman–Crippen LogP) is 4.14. The van der Waals surface area contributed by atoms with E-state index >= 15 is 0 Å². The number of aryl methyl sites for hydroxylation is 1. The van der Waals surface area contributed by atoms with Crippen molar-refractivity contribution in [2.45, 2.75) is 58.3 Å². The molecule has 0 radical (unpaired) electrons. The SMILES string of the molecule is Cc1nc([C@H](C)NC(=O)c2cc(C(F)(F)F)cc(C(F)(F)F)c2)n(-c2ccc(C(=O)N3C[C@@H](C)O[C@@H](C)C3)nn2)n1. The molecule has 0 unspecified atom stereocenters. The minimum Gasteiger partial charge on any atom is -0.372 e. The molecule has 220 valence electrons. The van der Waals surface area contributed by atoms with E-state index in [1.54, 1.807) is 4.90 Å². The Morgan fingerprint density at radius 3 is 2.07 bits per heavy atom. The number of hydrogen-bond acceptors (Lipinski definition) is 7. The molecule has 1 N–H and O–H groups in total. The molecule has 0 saturated carbocycles. The number of benzene rings is 1. The zero-order valence-corrected chi connectivity index (χ0v) is 22.2. The van der Waals surface area contributed by atoms with Crippen molar-refractivity contribution in [3.05, 3.63) is 64.4 Å². The van der Waals surface area contributed by atoms with Crippen molar-refractivity contribution in [2.75, 3.05) is 13.1 Å². The lowest BCUT2D eigenvalue weighted by atomic mass is 10.0. The molecule has 2 aromatic heterocycles. The summed E-state index contributed by atoms with van der Waals surface area (Å²) < 4.78 is 86.2. The van der Waals surface area contributed by atoms with E-state index in [1.807, 2.05) is 13.8 Å². The Morgan fingerprint density at radius 2 is 1.56 bits per heavy atom. The van der Waals surface area contributed by atoms with E-state index in [1.165, 1.54) is 30.7 Å². The van der Waals surface area contributed by atoms with Crippen LogP contribution in [0.4, 0.5) is 26.3 Å². The maximum atomic E-state index is 13.2. The molecule has 1 aliphatic rings. The van der Waals surface area contributed by atoms with Crippen LogP contribution in [0, 0.1) is 6.92 Å². The Labute approximate surface area is 229 Å². The van der Waals surface area contributed by atoms with Crippen LogP contribution < -0.4 is 5.32 Å². The number of hydrogen-bond donors (Lipinski definition) is 1. The molecule has 2 amide bonds. The first kappa shape index (κ1) is 29.9. The van der Waals surface area contributed by atoms with E-state index in [0.717, 1.165) is 0 Å². The third-order valence-electron chi connectivity index (χ3n) is 6.12. The summed E-state index contributed by atoms with van der Waals surface area (Å²) in [6.07, 6.45) is -10.5. The van der Waals surface area contributed by atoms with Crippen molar-refractivity contribution in [1.29, 1.82) is 0 Å². The van der Waals surface area contributed by atoms with E-state index in [0.29, 0.717) is 25.2 Å². The van der Waals surface area contributed by atoms with Crippen molar-refractivity contribution in [1.82, 2.24) is 35.2 Å². The van der Waals surface area contributed by atoms with Crippen LogP contribution in [-0.2, 0) is 17.1 Å². The van der Waals surface area contributed by atoms with E-state index < -0.39 is 41.0 Å². The zero-order valence-electron chi connectivity index (χ0n) is 22.2. The summed E-state index contributed by atoms with van der Waals surface area (Å²) in [5.74, 6) is -1.12. The smallest absolute Gasteiger partial charge is 0.372 e. The summed E-state index contributed by atoms with van der Waals surface area (Å²) >= 11 is 0. The van der Waals surface area contributed by atoms with Gasteiger partial charge in [-0.3, -0.25) is 9.59 Å². The van der Waals surface area contributed by atoms with E-state index in [2.05, 4.69) is 25.6 Å². The van der Waals surface area contributed by atoms with E-state index in [-0.39, 0.29) is 47.3 Å². The topological polar surface area (TPSA) is 115 Å². The average molecular weight is 586 g/mol. The minimum atomic E-state index is -5.11. The number of carbonyl (C=O) groups excluding carboxylic acids is 2. The van der Waals surface area contributed by atoms with Crippen molar-refractivity contribution >= 4 is 11.8 Å². The van der Waals surface area contributed by atoms with Crippen LogP contribution in [0.1, 0.15) is 70.4 Å². The van der Waals surface area contributed by atoms with E-state index in [4.69, 9.17) is 4.74 Å². The molecular weight excluding hydrogens is 560 g/mol. The molecule has 3 heterocycles. The Kier molecular flexibility index (Phi) is 8.07. The van der Waals surface area contributed by atoms with Crippen LogP contribution >= 0.6 is 0 Å². The number of alkyl halides is 6. The van der Waals surface area contributed by atoms with Crippen molar-refractivity contribution in [3.8, 4) is 5.82 Å². The van der Waals surface area contributed by atoms with Gasteiger partial charge in [-0.15, -0.1) is 15.3 Å². The summed E-state index contributed by atoms with van der Waals surface area (Å²) in [6, 6.07) is 2.46. The number of nitrogens with one attached hydrogen (secondary N) is 1. The van der Waals surface area contributed by atoms with Crippen LogP contribution in [0.3, 0.4) is 0 Å². The van der Waals surface area contributed by atoms with Gasteiger partial charge in [0, 0.05) is 18.7 Å². The van der Waals surface area contributed by atoms with Gasteiger partial charge in [-0.05, 0) is 58.0 Å². The molecule has 1 fully saturated rings. The molecule has 10 nitrogen and oxygen atoms in total. The number of carbonyl (C=O) groups is 2. The summed E-state index contributed by atoms with van der Waals surface area (Å²) in [7, 11) is 0. The van der Waals surface area contributed by atoms with Gasteiger partial charge in [0.15, 0.2) is 17.3 Å². The third kappa shape index (κ3) is 6.81. The number of rotatable bonds is 5. The van der Waals surface area contributed by atoms with Crippen molar-refractivity contribution in [3.63, 3.8) is 0 Å². The molecule has 4 rings (SSSR count). The highest BCUT2D eigenvalue weighted by atomic mass is 19.4. The molecule has 41 heavy (non-hydrogen) atoms. The Balaban J connectivity index is 1.56. The zero-order chi connectivity index (χ0) is 30.3. The maximum Gasteiger partial charge on any atom is 0.416 e. The lowest BCUT2D eigenvalue weighted by molar-refractivity contribution is -0.143. The highest BCUT2D eigenvalue weighted by molar-refractivity contribution is 5.95. The summed E-state index contributed by atoms with van der Waals surface area (Å²) in [4.78, 5) is 31.5. The summed E-state index contributed by atoms with van der Waals surface area (Å²) in [5.41, 5.74) is -4.00. The largest absolute Gasteiger partial charge is 0.416 e. The molecule has 0 bridgehead atoms. The fourth-order valence-corrected chi connectivity index (χ4v) is 4.37. The lowest BCUT2D eigenvalue weighted by Gasteiger charge is -2.35. The van der Waals surface area contributed by atoms with Gasteiger partial charge >= 0.3 is 12.4 Å². The normalized spacial score (nSPS) is 18.7. The molecule has 0 aliphatic carbocycles. The van der Waals surface area contributed by atoms with E-state index in [9.17, 15) is 35.9 Å². The highest BCUT2D eigenvalue weighted by Gasteiger charge is 2.38. The predicted molar refractivity (Wildman–Crippen MR) is 130 cm³/mol. The molecule has 1 saturated heterocycles. The van der Waals surface area contributed by atoms with Crippen molar-refractivity contribution < 1.29 is 40.7 Å². The number of nitrogens with zero attached hydrogens (tertiary/aromatic N) is 6. The van der Waals surface area contributed by atoms with Crippen LogP contribution in [0.2, 0.25) is 0 Å². The second-order valence-electron chi connectivity index (χ2n) is 9.66. The molecular formula is C25H25F6N7O3. The molecule has 3 atom stereocenters. The molecule has 1 aromatic carbocycles. The average Bonchev–Trinajstić information content (AvgIpc) is 3.28. The standard InChI is InChI=1S/C25H25F6N7O3/c1-12-10-37(11-13(2)41-12)23(40)19-5-6-20(35-34-19)38-21(33-15(4)36-38)14(3)32-22(39)16-7-17(24(26,27)28)9-18(8-16)25(29,30)31/h5-9,12-14H,10-11H2,1-4H3,(H,32,39)/t12-,13+,14-/m0/s1. The second kappa shape index (κ2) is 11.1. The number of aromatic nitrogens is 5. The molecule has 16 heteroatoms. The van der Waals surface area contributed by atoms with Gasteiger partial charge in [-0.25, -0.2) is 4.98 Å². The van der Waals surface area contributed by atoms with Crippen molar-refractivity contribution in [2.24, 2.45) is 0 Å². The lowest BCUT2D eigenvalue weighted by Crippen LogP contribution is -2.48. The van der Waals surface area contributed by atoms with Gasteiger partial charge in [-0.2, -0.15) is 31.0 Å². The quantitative estimate of drug-likeness (QED) is 0.448. The molecule has 0 spiro atoms. The fraction of sp³-hybridized carbons (Fsp3) is 0.440. The first-order chi connectivity index (χ1) is 19.0. The first-order valence-electron chi connectivity index (χ1n) is 12.4. The van der Waals surface area contributed by atoms with Gasteiger partial charge in [-0.1, -0.05) is 0 Å². The molecule has 1 aliphatic heterocycles. The number of morpholine rings is 1. The van der Waals surface area contributed by atoms with Gasteiger partial charge in [0.2, 0.25) is 0 Å². The Morgan fingerprint density at radius 1 is 0.976 bits per heavy atom. The number of ether oxygens (including phenoxy) is 1. The first-order valence-corrected chi connectivity index (χ1v) is 12.4. The maximum absolute atomic E-state index is 13.2. The fourth-order valence-electron chi connectivity index (χ4n) is 4.37. The Bertz CT molecular complexity index is 1400. The van der Waals surface area contributed by atoms with Gasteiger partial charge in [0.1, 0.15) is 5.82 Å². The van der Waals surface area contributed by atoms with Gasteiger partial charge < -0.3 is 15.0 Å². The monoisotopic (exact) mass is 585 g/mol. The van der Waals surface area contributed by atoms with Gasteiger partial charge in [0.25, 0.3) is 11.8 Å². The number of amides is 2. The van der Waals surface area contributed by atoms with Crippen LogP contribution in [0.5, 0.6) is 0 Å². The third-order valence-corrected chi connectivity index (χ3v) is 6.12. The summed E-state index contributed by atoms with van der Waals surface area (Å²) in [5, 5.41) is 14.6. The second-order valence-corrected chi connectivity index (χ2v) is 9.66. The highest BCUT2D eigenvalue weighted by Crippen LogP contribution is 2.36. The number of halogens is 6.